The predicted molar refractivity (Wildman–Crippen MR) is 93.5 cm³/mol. The van der Waals surface area contributed by atoms with E-state index in [2.05, 4.69) is 35.1 Å². The van der Waals surface area contributed by atoms with Crippen LogP contribution in [0.4, 0.5) is 0 Å². The number of hydrogen-bond donors (Lipinski definition) is 1. The molecule has 0 fully saturated rings. The third-order valence-electron chi connectivity index (χ3n) is 3.88. The molecule has 5 nitrogen and oxygen atoms in total. The van der Waals surface area contributed by atoms with Crippen LogP contribution in [0.25, 0.3) is 0 Å². The van der Waals surface area contributed by atoms with Gasteiger partial charge in [0.05, 0.1) is 19.3 Å². The zero-order valence-electron chi connectivity index (χ0n) is 13.7. The first kappa shape index (κ1) is 16.9. The van der Waals surface area contributed by atoms with Crippen molar-refractivity contribution >= 4 is 21.8 Å². The van der Waals surface area contributed by atoms with Crippen molar-refractivity contribution < 1.29 is 18.7 Å². The molecule has 0 aliphatic carbocycles. The molecule has 6 heteroatoms. The maximum atomic E-state index is 12.4. The summed E-state index contributed by atoms with van der Waals surface area (Å²) in [6.45, 7) is 5.41. The second kappa shape index (κ2) is 7.30. The van der Waals surface area contributed by atoms with Crippen molar-refractivity contribution in [3.8, 4) is 11.5 Å². The van der Waals surface area contributed by atoms with E-state index in [1.54, 1.807) is 12.1 Å². The number of carbonyl (C=O) groups excluding carboxylic acids is 1. The fourth-order valence-corrected chi connectivity index (χ4v) is 2.96. The minimum Gasteiger partial charge on any atom is -0.490 e. The van der Waals surface area contributed by atoms with Crippen LogP contribution in [0.1, 0.15) is 42.4 Å². The third kappa shape index (κ3) is 3.75. The van der Waals surface area contributed by atoms with E-state index < -0.39 is 0 Å². The molecule has 0 spiro atoms. The lowest BCUT2D eigenvalue weighted by Gasteiger charge is -2.23. The van der Waals surface area contributed by atoms with Gasteiger partial charge in [-0.1, -0.05) is 19.9 Å². The topological polar surface area (TPSA) is 60.7 Å². The van der Waals surface area contributed by atoms with Crippen molar-refractivity contribution in [2.75, 3.05) is 13.2 Å². The normalized spacial score (nSPS) is 15.0. The van der Waals surface area contributed by atoms with Gasteiger partial charge in [0, 0.05) is 6.42 Å². The summed E-state index contributed by atoms with van der Waals surface area (Å²) in [5, 5.41) is 3.03. The fourth-order valence-electron chi connectivity index (χ4n) is 2.66. The number of ether oxygens (including phenoxy) is 2. The summed E-state index contributed by atoms with van der Waals surface area (Å²) in [6.07, 6.45) is 0.863. The average Bonchev–Trinajstić information content (AvgIpc) is 2.86. The summed E-state index contributed by atoms with van der Waals surface area (Å²) < 4.78 is 17.3. The van der Waals surface area contributed by atoms with Gasteiger partial charge in [0.15, 0.2) is 21.9 Å². The van der Waals surface area contributed by atoms with Crippen LogP contribution in [0, 0.1) is 5.92 Å². The molecule has 3 rings (SSSR count). The van der Waals surface area contributed by atoms with Gasteiger partial charge in [-0.2, -0.15) is 0 Å². The third-order valence-corrected chi connectivity index (χ3v) is 4.31. The molecule has 1 aliphatic rings. The molecule has 1 amide bonds. The van der Waals surface area contributed by atoms with E-state index >= 15 is 0 Å². The molecule has 1 aliphatic heterocycles. The Morgan fingerprint density at radius 3 is 2.54 bits per heavy atom. The zero-order chi connectivity index (χ0) is 17.1. The molecular formula is C18H20BrNO4. The smallest absolute Gasteiger partial charge is 0.287 e. The monoisotopic (exact) mass is 393 g/mol. The lowest BCUT2D eigenvalue weighted by molar-refractivity contribution is 0.0896. The zero-order valence-corrected chi connectivity index (χ0v) is 15.3. The number of amides is 1. The van der Waals surface area contributed by atoms with Gasteiger partial charge in [-0.25, -0.2) is 0 Å². The van der Waals surface area contributed by atoms with Crippen LogP contribution in [0.2, 0.25) is 0 Å². The highest BCUT2D eigenvalue weighted by Crippen LogP contribution is 2.34. The van der Waals surface area contributed by atoms with Crippen LogP contribution in [-0.4, -0.2) is 19.1 Å². The number of hydrogen-bond acceptors (Lipinski definition) is 4. The predicted octanol–water partition coefficient (Wildman–Crippen LogP) is 4.33. The molecule has 0 radical (unpaired) electrons. The van der Waals surface area contributed by atoms with Gasteiger partial charge < -0.3 is 19.2 Å². The van der Waals surface area contributed by atoms with Gasteiger partial charge in [0.1, 0.15) is 0 Å². The van der Waals surface area contributed by atoms with Gasteiger partial charge in [-0.15, -0.1) is 0 Å². The van der Waals surface area contributed by atoms with Crippen LogP contribution in [-0.2, 0) is 0 Å². The molecule has 0 saturated carbocycles. The summed E-state index contributed by atoms with van der Waals surface area (Å²) in [6, 6.07) is 9.01. The summed E-state index contributed by atoms with van der Waals surface area (Å²) in [5.74, 6) is 1.72. The minimum absolute atomic E-state index is 0.154. The number of rotatable bonds is 4. The second-order valence-electron chi connectivity index (χ2n) is 6.06. The second-order valence-corrected chi connectivity index (χ2v) is 6.84. The highest BCUT2D eigenvalue weighted by Gasteiger charge is 2.23. The van der Waals surface area contributed by atoms with Crippen molar-refractivity contribution in [2.24, 2.45) is 5.92 Å². The number of benzene rings is 1. The Bertz CT molecular complexity index is 726. The minimum atomic E-state index is -0.244. The molecule has 1 N–H and O–H groups in total. The first-order valence-electron chi connectivity index (χ1n) is 8.00. The van der Waals surface area contributed by atoms with E-state index in [-0.39, 0.29) is 23.6 Å². The van der Waals surface area contributed by atoms with E-state index in [1.807, 2.05) is 18.2 Å². The first-order valence-corrected chi connectivity index (χ1v) is 8.79. The van der Waals surface area contributed by atoms with Crippen molar-refractivity contribution in [3.05, 3.63) is 46.3 Å². The summed E-state index contributed by atoms with van der Waals surface area (Å²) >= 11 is 3.21. The number of halogens is 1. The molecule has 0 saturated heterocycles. The highest BCUT2D eigenvalue weighted by atomic mass is 79.9. The Hall–Kier alpha value is -1.95. The molecule has 0 bridgehead atoms. The molecule has 1 aromatic heterocycles. The average molecular weight is 394 g/mol. The standard InChI is InChI=1S/C18H20BrNO4/c1-11(2)17(20-18(21)14-6-7-16(19)24-14)12-4-5-13-15(10-12)23-9-3-8-22-13/h4-7,10-11,17H,3,8-9H2,1-2H3,(H,20,21)/t17-/m0/s1. The van der Waals surface area contributed by atoms with Crippen molar-refractivity contribution in [2.45, 2.75) is 26.3 Å². The largest absolute Gasteiger partial charge is 0.490 e. The highest BCUT2D eigenvalue weighted by molar-refractivity contribution is 9.10. The SMILES string of the molecule is CC(C)[C@H](NC(=O)c1ccc(Br)o1)c1ccc2c(c1)OCCCO2. The summed E-state index contributed by atoms with van der Waals surface area (Å²) in [4.78, 5) is 12.4. The Kier molecular flexibility index (Phi) is 5.14. The van der Waals surface area contributed by atoms with Crippen LogP contribution in [0.15, 0.2) is 39.4 Å². The van der Waals surface area contributed by atoms with Gasteiger partial charge in [0.25, 0.3) is 5.91 Å². The van der Waals surface area contributed by atoms with E-state index in [4.69, 9.17) is 13.9 Å². The van der Waals surface area contributed by atoms with E-state index in [1.165, 1.54) is 0 Å². The first-order chi connectivity index (χ1) is 11.5. The summed E-state index contributed by atoms with van der Waals surface area (Å²) in [5.41, 5.74) is 0.980. The van der Waals surface area contributed by atoms with E-state index in [0.717, 1.165) is 23.5 Å². The Morgan fingerprint density at radius 1 is 1.12 bits per heavy atom. The molecule has 1 aromatic carbocycles. The van der Waals surface area contributed by atoms with Crippen molar-refractivity contribution in [3.63, 3.8) is 0 Å². The summed E-state index contributed by atoms with van der Waals surface area (Å²) in [7, 11) is 0. The molecule has 0 unspecified atom stereocenters. The van der Waals surface area contributed by atoms with Crippen LogP contribution >= 0.6 is 15.9 Å². The van der Waals surface area contributed by atoms with Gasteiger partial charge in [-0.3, -0.25) is 4.79 Å². The lowest BCUT2D eigenvalue weighted by Crippen LogP contribution is -2.31. The van der Waals surface area contributed by atoms with E-state index in [0.29, 0.717) is 17.9 Å². The Morgan fingerprint density at radius 2 is 1.88 bits per heavy atom. The number of nitrogens with one attached hydrogen (secondary N) is 1. The lowest BCUT2D eigenvalue weighted by atomic mass is 9.95. The number of furan rings is 1. The maximum absolute atomic E-state index is 12.4. The van der Waals surface area contributed by atoms with Gasteiger partial charge in [0.2, 0.25) is 0 Å². The molecule has 1 atom stereocenters. The van der Waals surface area contributed by atoms with Crippen molar-refractivity contribution in [1.29, 1.82) is 0 Å². The van der Waals surface area contributed by atoms with Crippen LogP contribution < -0.4 is 14.8 Å². The number of carbonyl (C=O) groups is 1. The van der Waals surface area contributed by atoms with Crippen molar-refractivity contribution in [1.82, 2.24) is 5.32 Å². The quantitative estimate of drug-likeness (QED) is 0.839. The van der Waals surface area contributed by atoms with Crippen LogP contribution in [0.5, 0.6) is 11.5 Å². The van der Waals surface area contributed by atoms with E-state index in [9.17, 15) is 4.79 Å². The maximum Gasteiger partial charge on any atom is 0.287 e. The molecule has 2 aromatic rings. The van der Waals surface area contributed by atoms with Gasteiger partial charge in [-0.05, 0) is 51.7 Å². The van der Waals surface area contributed by atoms with Crippen LogP contribution in [0.3, 0.4) is 0 Å². The molecular weight excluding hydrogens is 374 g/mol. The molecule has 24 heavy (non-hydrogen) atoms. The fraction of sp³-hybridized carbons (Fsp3) is 0.389. The molecule has 128 valence electrons. The Balaban J connectivity index is 1.83. The number of fused-ring (bicyclic) bond motifs is 1. The molecule has 2 heterocycles. The Labute approximate surface area is 149 Å². The van der Waals surface area contributed by atoms with Gasteiger partial charge >= 0.3 is 0 Å².